The van der Waals surface area contributed by atoms with Crippen molar-refractivity contribution in [2.75, 3.05) is 11.1 Å². The second kappa shape index (κ2) is 3.79. The summed E-state index contributed by atoms with van der Waals surface area (Å²) < 4.78 is 5.76. The van der Waals surface area contributed by atoms with Gasteiger partial charge in [-0.2, -0.15) is 0 Å². The lowest BCUT2D eigenvalue weighted by Crippen LogP contribution is -2.31. The van der Waals surface area contributed by atoms with Gasteiger partial charge in [-0.1, -0.05) is 11.6 Å². The van der Waals surface area contributed by atoms with E-state index in [0.29, 0.717) is 34.8 Å². The molecule has 2 bridgehead atoms. The smallest absolute Gasteiger partial charge is 0.149 e. The lowest BCUT2D eigenvalue weighted by Gasteiger charge is -2.21. The van der Waals surface area contributed by atoms with Crippen molar-refractivity contribution in [3.05, 3.63) is 17.3 Å². The summed E-state index contributed by atoms with van der Waals surface area (Å²) in [5.41, 5.74) is 6.44. The largest absolute Gasteiger partial charge is 0.396 e. The first kappa shape index (κ1) is 10.2. The van der Waals surface area contributed by atoms with Crippen molar-refractivity contribution in [3.63, 3.8) is 0 Å². The fourth-order valence-electron chi connectivity index (χ4n) is 2.54. The minimum absolute atomic E-state index is 0.321. The molecule has 0 radical (unpaired) electrons. The van der Waals surface area contributed by atoms with Crippen LogP contribution in [0.5, 0.6) is 0 Å². The molecule has 16 heavy (non-hydrogen) atoms. The van der Waals surface area contributed by atoms with Crippen LogP contribution in [0.4, 0.5) is 11.5 Å². The summed E-state index contributed by atoms with van der Waals surface area (Å²) in [7, 11) is 0. The second-order valence-corrected chi connectivity index (χ2v) is 4.89. The molecule has 0 amide bonds. The highest BCUT2D eigenvalue weighted by Crippen LogP contribution is 2.36. The number of hydrogen-bond donors (Lipinski definition) is 2. The first-order valence-corrected chi connectivity index (χ1v) is 5.93. The number of nitrogen functional groups attached to an aromatic ring is 1. The Morgan fingerprint density at radius 3 is 3.00 bits per heavy atom. The van der Waals surface area contributed by atoms with Crippen LogP contribution in [0.15, 0.2) is 12.3 Å². The van der Waals surface area contributed by atoms with Gasteiger partial charge in [0.05, 0.1) is 29.0 Å². The monoisotopic (exact) mass is 239 g/mol. The maximum Gasteiger partial charge on any atom is 0.149 e. The number of aromatic nitrogens is 1. The number of pyridine rings is 1. The minimum atomic E-state index is 0.321. The molecular weight excluding hydrogens is 226 g/mol. The number of anilines is 2. The van der Waals surface area contributed by atoms with Gasteiger partial charge in [0.2, 0.25) is 0 Å². The topological polar surface area (TPSA) is 60.2 Å². The van der Waals surface area contributed by atoms with Crippen LogP contribution in [0, 0.1) is 0 Å². The Hall–Kier alpha value is -1.00. The Kier molecular flexibility index (Phi) is 2.41. The number of ether oxygens (including phenoxy) is 1. The van der Waals surface area contributed by atoms with Gasteiger partial charge >= 0.3 is 0 Å². The Bertz CT molecular complexity index is 412. The Labute approximate surface area is 99.1 Å². The van der Waals surface area contributed by atoms with Crippen molar-refractivity contribution in [1.29, 1.82) is 0 Å². The number of rotatable bonds is 2. The molecule has 2 aliphatic heterocycles. The van der Waals surface area contributed by atoms with Crippen LogP contribution < -0.4 is 11.1 Å². The SMILES string of the molecule is Nc1cc(Cl)cnc1NC1CC2CCC1O2. The molecular formula is C11H14ClN3O. The van der Waals surface area contributed by atoms with Gasteiger partial charge in [0.25, 0.3) is 0 Å². The van der Waals surface area contributed by atoms with Crippen LogP contribution in [0.25, 0.3) is 0 Å². The lowest BCUT2D eigenvalue weighted by molar-refractivity contribution is 0.102. The van der Waals surface area contributed by atoms with Gasteiger partial charge in [0.1, 0.15) is 5.82 Å². The first-order valence-electron chi connectivity index (χ1n) is 5.55. The molecule has 0 saturated carbocycles. The van der Waals surface area contributed by atoms with Gasteiger partial charge in [-0.3, -0.25) is 0 Å². The van der Waals surface area contributed by atoms with Gasteiger partial charge in [-0.25, -0.2) is 4.98 Å². The highest BCUT2D eigenvalue weighted by Gasteiger charge is 2.40. The van der Waals surface area contributed by atoms with E-state index in [1.165, 1.54) is 6.42 Å². The fraction of sp³-hybridized carbons (Fsp3) is 0.545. The Balaban J connectivity index is 1.74. The van der Waals surface area contributed by atoms with E-state index in [-0.39, 0.29) is 0 Å². The van der Waals surface area contributed by atoms with Gasteiger partial charge in [-0.15, -0.1) is 0 Å². The van der Waals surface area contributed by atoms with Crippen LogP contribution in [-0.4, -0.2) is 23.2 Å². The number of hydrogen-bond acceptors (Lipinski definition) is 4. The molecule has 2 fully saturated rings. The number of nitrogens with zero attached hydrogens (tertiary/aromatic N) is 1. The molecule has 5 heteroatoms. The molecule has 3 atom stereocenters. The summed E-state index contributed by atoms with van der Waals surface area (Å²) in [6, 6.07) is 2.06. The van der Waals surface area contributed by atoms with E-state index in [0.717, 1.165) is 12.8 Å². The predicted molar refractivity (Wildman–Crippen MR) is 63.6 cm³/mol. The average Bonchev–Trinajstić information content (AvgIpc) is 2.84. The molecule has 3 N–H and O–H groups in total. The van der Waals surface area contributed by atoms with Crippen molar-refractivity contribution in [2.45, 2.75) is 37.5 Å². The summed E-state index contributed by atoms with van der Waals surface area (Å²) in [5, 5.41) is 3.91. The van der Waals surface area contributed by atoms with Crippen LogP contribution >= 0.6 is 11.6 Å². The molecule has 4 nitrogen and oxygen atoms in total. The van der Waals surface area contributed by atoms with Crippen molar-refractivity contribution < 1.29 is 4.74 Å². The van der Waals surface area contributed by atoms with E-state index in [1.807, 2.05) is 0 Å². The van der Waals surface area contributed by atoms with Gasteiger partial charge < -0.3 is 15.8 Å². The molecule has 3 unspecified atom stereocenters. The number of fused-ring (bicyclic) bond motifs is 2. The van der Waals surface area contributed by atoms with Crippen LogP contribution in [0.3, 0.4) is 0 Å². The number of nitrogens with two attached hydrogens (primary N) is 1. The third kappa shape index (κ3) is 1.72. The highest BCUT2D eigenvalue weighted by atomic mass is 35.5. The summed E-state index contributed by atoms with van der Waals surface area (Å²) in [4.78, 5) is 4.20. The summed E-state index contributed by atoms with van der Waals surface area (Å²) in [6.07, 6.45) is 5.73. The van der Waals surface area contributed by atoms with Gasteiger partial charge in [-0.05, 0) is 25.3 Å². The van der Waals surface area contributed by atoms with E-state index in [1.54, 1.807) is 12.3 Å². The molecule has 2 aliphatic rings. The van der Waals surface area contributed by atoms with E-state index in [9.17, 15) is 0 Å². The zero-order chi connectivity index (χ0) is 11.1. The lowest BCUT2D eigenvalue weighted by atomic mass is 9.95. The Morgan fingerprint density at radius 2 is 2.38 bits per heavy atom. The quantitative estimate of drug-likeness (QED) is 0.829. The molecule has 86 valence electrons. The fourth-order valence-corrected chi connectivity index (χ4v) is 2.71. The van der Waals surface area contributed by atoms with E-state index >= 15 is 0 Å². The highest BCUT2D eigenvalue weighted by molar-refractivity contribution is 6.30. The van der Waals surface area contributed by atoms with Crippen molar-refractivity contribution in [1.82, 2.24) is 4.98 Å². The maximum atomic E-state index is 5.85. The van der Waals surface area contributed by atoms with E-state index in [2.05, 4.69) is 10.3 Å². The van der Waals surface area contributed by atoms with Crippen LogP contribution in [-0.2, 0) is 4.74 Å². The first-order chi connectivity index (χ1) is 7.72. The zero-order valence-corrected chi connectivity index (χ0v) is 9.57. The van der Waals surface area contributed by atoms with Crippen molar-refractivity contribution >= 4 is 23.1 Å². The molecule has 3 rings (SSSR count). The third-order valence-electron chi connectivity index (χ3n) is 3.31. The Morgan fingerprint density at radius 1 is 1.50 bits per heavy atom. The van der Waals surface area contributed by atoms with Gasteiger partial charge in [0, 0.05) is 6.20 Å². The van der Waals surface area contributed by atoms with Crippen molar-refractivity contribution in [2.24, 2.45) is 0 Å². The average molecular weight is 240 g/mol. The molecule has 3 heterocycles. The second-order valence-electron chi connectivity index (χ2n) is 4.45. The molecule has 2 saturated heterocycles. The summed E-state index contributed by atoms with van der Waals surface area (Å²) in [5.74, 6) is 0.713. The van der Waals surface area contributed by atoms with E-state index in [4.69, 9.17) is 22.1 Å². The standard InChI is InChI=1S/C11H14ClN3O/c12-6-3-8(13)11(14-5-6)15-9-4-7-1-2-10(9)16-7/h3,5,7,9-10H,1-2,4,13H2,(H,14,15). The normalized spacial score (nSPS) is 31.9. The van der Waals surface area contributed by atoms with Crippen LogP contribution in [0.1, 0.15) is 19.3 Å². The number of halogens is 1. The minimum Gasteiger partial charge on any atom is -0.396 e. The number of nitrogens with one attached hydrogen (secondary N) is 1. The van der Waals surface area contributed by atoms with Gasteiger partial charge in [0.15, 0.2) is 0 Å². The molecule has 1 aromatic heterocycles. The molecule has 0 aromatic carbocycles. The predicted octanol–water partition coefficient (Wildman–Crippen LogP) is 2.05. The summed E-state index contributed by atoms with van der Waals surface area (Å²) in [6.45, 7) is 0. The third-order valence-corrected chi connectivity index (χ3v) is 3.52. The zero-order valence-electron chi connectivity index (χ0n) is 8.82. The molecule has 1 aromatic rings. The maximum absolute atomic E-state index is 5.85. The van der Waals surface area contributed by atoms with E-state index < -0.39 is 0 Å². The van der Waals surface area contributed by atoms with Crippen LogP contribution in [0.2, 0.25) is 5.02 Å². The summed E-state index contributed by atoms with van der Waals surface area (Å²) >= 11 is 5.80. The van der Waals surface area contributed by atoms with Crippen molar-refractivity contribution in [3.8, 4) is 0 Å². The molecule has 0 spiro atoms. The molecule has 0 aliphatic carbocycles.